The van der Waals surface area contributed by atoms with E-state index in [1.54, 1.807) is 0 Å². The third kappa shape index (κ3) is 6.05. The zero-order valence-corrected chi connectivity index (χ0v) is 13.2. The number of alkyl halides is 3. The molecule has 0 heterocycles. The van der Waals surface area contributed by atoms with Gasteiger partial charge in [0.2, 0.25) is 0 Å². The maximum Gasteiger partial charge on any atom is 0.0700 e. The molecule has 0 N–H and O–H groups in total. The Balaban J connectivity index is 3.61. The van der Waals surface area contributed by atoms with E-state index in [4.69, 9.17) is 9.47 Å². The molecule has 0 spiro atoms. The van der Waals surface area contributed by atoms with Crippen molar-refractivity contribution in [1.82, 2.24) is 0 Å². The number of hydrogen-bond donors (Lipinski definition) is 0. The summed E-state index contributed by atoms with van der Waals surface area (Å²) in [5, 5.41) is 2.77. The van der Waals surface area contributed by atoms with Crippen molar-refractivity contribution in [3.63, 3.8) is 0 Å². The topological polar surface area (TPSA) is 18.5 Å². The average Bonchev–Trinajstić information content (AvgIpc) is 2.24. The van der Waals surface area contributed by atoms with Gasteiger partial charge >= 0.3 is 0 Å². The van der Waals surface area contributed by atoms with Crippen LogP contribution in [0.2, 0.25) is 0 Å². The molecule has 0 aromatic carbocycles. The van der Waals surface area contributed by atoms with Crippen LogP contribution in [-0.2, 0) is 9.47 Å². The Hall–Kier alpha value is 1.36. The minimum atomic E-state index is 0.145. The maximum atomic E-state index is 5.56. The second kappa shape index (κ2) is 9.58. The highest BCUT2D eigenvalue weighted by Crippen LogP contribution is 2.26. The monoisotopic (exact) mass is 394 g/mol. The van der Waals surface area contributed by atoms with Gasteiger partial charge in [0.1, 0.15) is 0 Å². The standard InChI is InChI=1S/C9H17Br3O2/c1-2-13-3-4-14-8-9(5-10,6-11)7-12/h2-8H2,1H3. The van der Waals surface area contributed by atoms with Gasteiger partial charge in [-0.15, -0.1) is 0 Å². The van der Waals surface area contributed by atoms with E-state index in [0.29, 0.717) is 13.2 Å². The number of ether oxygens (including phenoxy) is 2. The Bertz CT molecular complexity index is 121. The van der Waals surface area contributed by atoms with Crippen molar-refractivity contribution in [3.8, 4) is 0 Å². The Labute approximate surface area is 111 Å². The van der Waals surface area contributed by atoms with E-state index in [1.807, 2.05) is 6.92 Å². The van der Waals surface area contributed by atoms with Gasteiger partial charge in [-0.1, -0.05) is 47.8 Å². The van der Waals surface area contributed by atoms with Gasteiger partial charge < -0.3 is 9.47 Å². The normalized spacial score (nSPS) is 12.0. The summed E-state index contributed by atoms with van der Waals surface area (Å²) < 4.78 is 10.7. The molecule has 0 aromatic rings. The fraction of sp³-hybridized carbons (Fsp3) is 1.00. The van der Waals surface area contributed by atoms with E-state index >= 15 is 0 Å². The van der Waals surface area contributed by atoms with E-state index in [-0.39, 0.29) is 5.41 Å². The minimum Gasteiger partial charge on any atom is -0.379 e. The molecular weight excluding hydrogens is 380 g/mol. The van der Waals surface area contributed by atoms with Crippen LogP contribution >= 0.6 is 47.8 Å². The van der Waals surface area contributed by atoms with Crippen LogP contribution in [0.25, 0.3) is 0 Å². The molecule has 0 bridgehead atoms. The van der Waals surface area contributed by atoms with Crippen molar-refractivity contribution >= 4 is 47.8 Å². The summed E-state index contributed by atoms with van der Waals surface area (Å²) in [6, 6.07) is 0. The number of rotatable bonds is 9. The molecule has 0 aliphatic carbocycles. The van der Waals surface area contributed by atoms with E-state index in [0.717, 1.165) is 29.2 Å². The van der Waals surface area contributed by atoms with Crippen molar-refractivity contribution in [1.29, 1.82) is 0 Å². The molecule has 5 heteroatoms. The zero-order chi connectivity index (χ0) is 10.9. The zero-order valence-electron chi connectivity index (χ0n) is 8.40. The van der Waals surface area contributed by atoms with Crippen LogP contribution in [0.15, 0.2) is 0 Å². The van der Waals surface area contributed by atoms with Gasteiger partial charge in [-0.25, -0.2) is 0 Å². The third-order valence-corrected chi connectivity index (χ3v) is 5.40. The summed E-state index contributed by atoms with van der Waals surface area (Å²) >= 11 is 10.5. The van der Waals surface area contributed by atoms with Crippen LogP contribution in [0.1, 0.15) is 6.92 Å². The van der Waals surface area contributed by atoms with Crippen LogP contribution in [-0.4, -0.2) is 42.4 Å². The fourth-order valence-corrected chi connectivity index (χ4v) is 4.05. The first-order valence-electron chi connectivity index (χ1n) is 4.58. The lowest BCUT2D eigenvalue weighted by Crippen LogP contribution is -2.33. The van der Waals surface area contributed by atoms with Gasteiger partial charge in [0.25, 0.3) is 0 Å². The van der Waals surface area contributed by atoms with Crippen molar-refractivity contribution in [2.75, 3.05) is 42.4 Å². The molecule has 0 atom stereocenters. The largest absolute Gasteiger partial charge is 0.379 e. The number of hydrogen-bond acceptors (Lipinski definition) is 2. The SMILES string of the molecule is CCOCCOCC(CBr)(CBr)CBr. The fourth-order valence-electron chi connectivity index (χ4n) is 0.774. The van der Waals surface area contributed by atoms with Crippen LogP contribution in [0.5, 0.6) is 0 Å². The molecule has 0 aliphatic heterocycles. The lowest BCUT2D eigenvalue weighted by molar-refractivity contribution is 0.0268. The Morgan fingerprint density at radius 1 is 0.929 bits per heavy atom. The maximum absolute atomic E-state index is 5.56. The number of halogens is 3. The summed E-state index contributed by atoms with van der Waals surface area (Å²) in [6.07, 6.45) is 0. The molecule has 0 rings (SSSR count). The van der Waals surface area contributed by atoms with Gasteiger partial charge in [-0.3, -0.25) is 0 Å². The van der Waals surface area contributed by atoms with Crippen molar-refractivity contribution in [2.24, 2.45) is 5.41 Å². The summed E-state index contributed by atoms with van der Waals surface area (Å²) in [4.78, 5) is 0. The van der Waals surface area contributed by atoms with Crippen molar-refractivity contribution in [3.05, 3.63) is 0 Å². The van der Waals surface area contributed by atoms with E-state index in [9.17, 15) is 0 Å². The lowest BCUT2D eigenvalue weighted by atomic mass is 9.98. The van der Waals surface area contributed by atoms with Crippen LogP contribution in [0, 0.1) is 5.41 Å². The molecule has 0 unspecified atom stereocenters. The van der Waals surface area contributed by atoms with Gasteiger partial charge in [-0.2, -0.15) is 0 Å². The Kier molecular flexibility index (Phi) is 10.5. The molecule has 0 aliphatic rings. The van der Waals surface area contributed by atoms with Crippen molar-refractivity contribution in [2.45, 2.75) is 6.92 Å². The molecule has 2 nitrogen and oxygen atoms in total. The summed E-state index contributed by atoms with van der Waals surface area (Å²) in [6.45, 7) is 4.83. The second-order valence-corrected chi connectivity index (χ2v) is 4.83. The molecular formula is C9H17Br3O2. The highest BCUT2D eigenvalue weighted by molar-refractivity contribution is 9.10. The minimum absolute atomic E-state index is 0.145. The highest BCUT2D eigenvalue weighted by atomic mass is 79.9. The van der Waals surface area contributed by atoms with E-state index in [1.165, 1.54) is 0 Å². The first kappa shape index (κ1) is 15.4. The van der Waals surface area contributed by atoms with Crippen LogP contribution < -0.4 is 0 Å². The van der Waals surface area contributed by atoms with Crippen LogP contribution in [0.4, 0.5) is 0 Å². The van der Waals surface area contributed by atoms with E-state index < -0.39 is 0 Å². The summed E-state index contributed by atoms with van der Waals surface area (Å²) in [5.41, 5.74) is 0.145. The molecule has 14 heavy (non-hydrogen) atoms. The van der Waals surface area contributed by atoms with E-state index in [2.05, 4.69) is 47.8 Å². The Morgan fingerprint density at radius 3 is 1.86 bits per heavy atom. The third-order valence-electron chi connectivity index (χ3n) is 1.83. The summed E-state index contributed by atoms with van der Waals surface area (Å²) in [7, 11) is 0. The van der Waals surface area contributed by atoms with Gasteiger partial charge in [0.05, 0.1) is 19.8 Å². The second-order valence-electron chi connectivity index (χ2n) is 3.15. The molecule has 0 saturated carbocycles. The first-order valence-corrected chi connectivity index (χ1v) is 7.94. The lowest BCUT2D eigenvalue weighted by Gasteiger charge is -2.27. The molecule has 86 valence electrons. The molecule has 0 aromatic heterocycles. The highest BCUT2D eigenvalue weighted by Gasteiger charge is 2.26. The average molecular weight is 397 g/mol. The summed E-state index contributed by atoms with van der Waals surface area (Å²) in [5.74, 6) is 0. The molecule has 0 radical (unpaired) electrons. The molecule has 0 saturated heterocycles. The van der Waals surface area contributed by atoms with Gasteiger partial charge in [-0.05, 0) is 6.92 Å². The van der Waals surface area contributed by atoms with Gasteiger partial charge in [0, 0.05) is 28.0 Å². The molecule has 0 amide bonds. The van der Waals surface area contributed by atoms with Gasteiger partial charge in [0.15, 0.2) is 0 Å². The smallest absolute Gasteiger partial charge is 0.0700 e. The quantitative estimate of drug-likeness (QED) is 0.440. The molecule has 0 fully saturated rings. The van der Waals surface area contributed by atoms with Crippen LogP contribution in [0.3, 0.4) is 0 Å². The Morgan fingerprint density at radius 2 is 1.43 bits per heavy atom. The predicted octanol–water partition coefficient (Wildman–Crippen LogP) is 3.21. The first-order chi connectivity index (χ1) is 6.74. The predicted molar refractivity (Wildman–Crippen MR) is 71.1 cm³/mol. The van der Waals surface area contributed by atoms with Crippen molar-refractivity contribution < 1.29 is 9.47 Å².